The molecule has 0 aliphatic carbocycles. The van der Waals surface area contributed by atoms with Crippen molar-refractivity contribution in [3.05, 3.63) is 52.9 Å². The zero-order valence-electron chi connectivity index (χ0n) is 14.1. The highest BCUT2D eigenvalue weighted by Crippen LogP contribution is 2.19. The molecule has 7 heteroatoms. The smallest absolute Gasteiger partial charge is 0.325 e. The Morgan fingerprint density at radius 2 is 2.00 bits per heavy atom. The number of halogens is 1. The monoisotopic (exact) mass is 330 g/mol. The maximum atomic E-state index is 13.0. The predicted octanol–water partition coefficient (Wildman–Crippen LogP) is 3.17. The van der Waals surface area contributed by atoms with Crippen molar-refractivity contribution in [3.63, 3.8) is 0 Å². The van der Waals surface area contributed by atoms with Gasteiger partial charge in [-0.15, -0.1) is 5.10 Å². The van der Waals surface area contributed by atoms with Crippen LogP contribution in [-0.4, -0.2) is 32.5 Å². The molecule has 0 saturated carbocycles. The first-order valence-electron chi connectivity index (χ1n) is 7.72. The summed E-state index contributed by atoms with van der Waals surface area (Å²) in [7, 11) is 1.67. The van der Waals surface area contributed by atoms with Crippen LogP contribution in [0.1, 0.15) is 47.4 Å². The lowest BCUT2D eigenvalue weighted by atomic mass is 10.2. The lowest BCUT2D eigenvalue weighted by Gasteiger charge is -2.16. The Labute approximate surface area is 138 Å². The number of aromatic nitrogens is 3. The summed E-state index contributed by atoms with van der Waals surface area (Å²) in [5.41, 5.74) is 1.45. The van der Waals surface area contributed by atoms with Gasteiger partial charge >= 0.3 is 5.84 Å². The molecule has 3 rings (SSSR count). The van der Waals surface area contributed by atoms with Crippen molar-refractivity contribution in [2.45, 2.75) is 33.2 Å². The first kappa shape index (κ1) is 16.2. The molecule has 0 aliphatic rings. The molecule has 6 nitrogen and oxygen atoms in total. The minimum absolute atomic E-state index is 0.180. The number of aryl methyl sites for hydroxylation is 1. The van der Waals surface area contributed by atoms with Crippen LogP contribution in [0.3, 0.4) is 0 Å². The Bertz CT molecular complexity index is 880. The number of amides is 1. The average molecular weight is 330 g/mol. The van der Waals surface area contributed by atoms with Gasteiger partial charge in [-0.3, -0.25) is 4.79 Å². The van der Waals surface area contributed by atoms with E-state index in [1.54, 1.807) is 30.6 Å². The molecule has 2 aromatic heterocycles. The van der Waals surface area contributed by atoms with Crippen LogP contribution in [0.25, 0.3) is 5.84 Å². The van der Waals surface area contributed by atoms with Crippen molar-refractivity contribution < 1.29 is 13.6 Å². The third kappa shape index (κ3) is 2.89. The second kappa shape index (κ2) is 6.07. The van der Waals surface area contributed by atoms with Gasteiger partial charge in [0.05, 0.1) is 5.69 Å². The van der Waals surface area contributed by atoms with Gasteiger partial charge in [-0.2, -0.15) is 9.50 Å². The fourth-order valence-corrected chi connectivity index (χ4v) is 2.41. The maximum absolute atomic E-state index is 13.0. The van der Waals surface area contributed by atoms with E-state index in [0.717, 1.165) is 5.56 Å². The summed E-state index contributed by atoms with van der Waals surface area (Å²) in [6, 6.07) is 6.04. The first-order valence-corrected chi connectivity index (χ1v) is 7.72. The predicted molar refractivity (Wildman–Crippen MR) is 86.3 cm³/mol. The molecule has 3 aromatic rings. The van der Waals surface area contributed by atoms with Crippen molar-refractivity contribution in [1.82, 2.24) is 19.5 Å². The number of fused-ring (bicyclic) bond motifs is 1. The fraction of sp³-hybridized carbons (Fsp3) is 0.353. The summed E-state index contributed by atoms with van der Waals surface area (Å²) in [5, 5.41) is 4.37. The molecule has 0 saturated heterocycles. The molecule has 0 atom stereocenters. The summed E-state index contributed by atoms with van der Waals surface area (Å²) < 4.78 is 20.1. The summed E-state index contributed by atoms with van der Waals surface area (Å²) in [6.07, 6.45) is 0. The normalized spacial score (nSPS) is 11.4. The van der Waals surface area contributed by atoms with E-state index in [9.17, 15) is 9.18 Å². The molecule has 0 spiro atoms. The van der Waals surface area contributed by atoms with Crippen molar-refractivity contribution in [2.75, 3.05) is 7.05 Å². The maximum Gasteiger partial charge on any atom is 0.325 e. The van der Waals surface area contributed by atoms with Crippen molar-refractivity contribution in [1.29, 1.82) is 0 Å². The molecule has 0 unspecified atom stereocenters. The summed E-state index contributed by atoms with van der Waals surface area (Å²) in [5.74, 6) is 0.813. The second-order valence-corrected chi connectivity index (χ2v) is 6.12. The van der Waals surface area contributed by atoms with Crippen molar-refractivity contribution >= 4 is 11.8 Å². The number of hydrogen-bond acceptors (Lipinski definition) is 4. The second-order valence-electron chi connectivity index (χ2n) is 6.12. The van der Waals surface area contributed by atoms with Crippen LogP contribution >= 0.6 is 0 Å². The standard InChI is InChI=1S/C17H19FN4O2/c1-10(2)15-19-17-22(20-15)11(3)14(24-17)16(23)21(4)9-12-5-7-13(18)8-6-12/h5-8,10H,9H2,1-4H3. The van der Waals surface area contributed by atoms with Gasteiger partial charge in [0, 0.05) is 19.5 Å². The number of nitrogens with zero attached hydrogens (tertiary/aromatic N) is 4. The molecule has 0 radical (unpaired) electrons. The van der Waals surface area contributed by atoms with Crippen LogP contribution in [-0.2, 0) is 6.54 Å². The van der Waals surface area contributed by atoms with E-state index >= 15 is 0 Å². The van der Waals surface area contributed by atoms with Gasteiger partial charge in [-0.1, -0.05) is 26.0 Å². The Morgan fingerprint density at radius 3 is 2.58 bits per heavy atom. The molecule has 24 heavy (non-hydrogen) atoms. The van der Waals surface area contributed by atoms with Crippen LogP contribution < -0.4 is 0 Å². The highest BCUT2D eigenvalue weighted by Gasteiger charge is 2.24. The minimum Gasteiger partial charge on any atom is -0.416 e. The van der Waals surface area contributed by atoms with Crippen LogP contribution in [0, 0.1) is 12.7 Å². The SMILES string of the molecule is Cc1c(C(=O)N(C)Cc2ccc(F)cc2)oc2nc(C(C)C)nn12. The van der Waals surface area contributed by atoms with Crippen molar-refractivity contribution in [3.8, 4) is 0 Å². The number of carbonyl (C=O) groups excluding carboxylic acids is 1. The van der Waals surface area contributed by atoms with Crippen molar-refractivity contribution in [2.24, 2.45) is 0 Å². The van der Waals surface area contributed by atoms with E-state index in [4.69, 9.17) is 4.42 Å². The molecule has 1 aromatic carbocycles. The number of carbonyl (C=O) groups is 1. The third-order valence-electron chi connectivity index (χ3n) is 3.82. The number of hydrogen-bond donors (Lipinski definition) is 0. The fourth-order valence-electron chi connectivity index (χ4n) is 2.41. The lowest BCUT2D eigenvalue weighted by Crippen LogP contribution is -2.26. The van der Waals surface area contributed by atoms with Crippen LogP contribution in [0.5, 0.6) is 0 Å². The van der Waals surface area contributed by atoms with Gasteiger partial charge in [0.2, 0.25) is 5.76 Å². The number of rotatable bonds is 4. The lowest BCUT2D eigenvalue weighted by molar-refractivity contribution is 0.0754. The molecular formula is C17H19FN4O2. The van der Waals surface area contributed by atoms with Gasteiger partial charge in [-0.05, 0) is 24.6 Å². The quantitative estimate of drug-likeness (QED) is 0.737. The Kier molecular flexibility index (Phi) is 4.09. The van der Waals surface area contributed by atoms with Gasteiger partial charge in [0.1, 0.15) is 5.82 Å². The summed E-state index contributed by atoms with van der Waals surface area (Å²) >= 11 is 0. The van der Waals surface area contributed by atoms with Gasteiger partial charge < -0.3 is 9.32 Å². The van der Waals surface area contributed by atoms with E-state index in [-0.39, 0.29) is 23.4 Å². The largest absolute Gasteiger partial charge is 0.416 e. The highest BCUT2D eigenvalue weighted by molar-refractivity contribution is 5.92. The molecular weight excluding hydrogens is 311 g/mol. The van der Waals surface area contributed by atoms with E-state index in [2.05, 4.69) is 10.1 Å². The summed E-state index contributed by atoms with van der Waals surface area (Å²) in [4.78, 5) is 18.4. The molecule has 0 fully saturated rings. The molecule has 0 bridgehead atoms. The van der Waals surface area contributed by atoms with E-state index in [0.29, 0.717) is 23.9 Å². The van der Waals surface area contributed by atoms with E-state index in [1.807, 2.05) is 13.8 Å². The summed E-state index contributed by atoms with van der Waals surface area (Å²) in [6.45, 7) is 6.11. The van der Waals surface area contributed by atoms with E-state index < -0.39 is 0 Å². The number of oxazole rings is 1. The highest BCUT2D eigenvalue weighted by atomic mass is 19.1. The Hall–Kier alpha value is -2.70. The molecule has 126 valence electrons. The van der Waals surface area contributed by atoms with Crippen LogP contribution in [0.15, 0.2) is 28.7 Å². The molecule has 0 N–H and O–H groups in total. The van der Waals surface area contributed by atoms with Gasteiger partial charge in [-0.25, -0.2) is 4.39 Å². The average Bonchev–Trinajstić information content (AvgIpc) is 3.09. The zero-order chi connectivity index (χ0) is 17.4. The van der Waals surface area contributed by atoms with Gasteiger partial charge in [0.25, 0.3) is 5.91 Å². The first-order chi connectivity index (χ1) is 11.4. The van der Waals surface area contributed by atoms with E-state index in [1.165, 1.54) is 17.0 Å². The number of benzene rings is 1. The molecule has 0 aliphatic heterocycles. The third-order valence-corrected chi connectivity index (χ3v) is 3.82. The van der Waals surface area contributed by atoms with Gasteiger partial charge in [0.15, 0.2) is 5.82 Å². The van der Waals surface area contributed by atoms with Crippen LogP contribution in [0.2, 0.25) is 0 Å². The minimum atomic E-state index is -0.303. The molecule has 1 amide bonds. The Morgan fingerprint density at radius 1 is 1.33 bits per heavy atom. The zero-order valence-corrected chi connectivity index (χ0v) is 14.1. The topological polar surface area (TPSA) is 63.6 Å². The molecule has 2 heterocycles. The van der Waals surface area contributed by atoms with Crippen LogP contribution in [0.4, 0.5) is 4.39 Å². The Balaban J connectivity index is 1.83.